The molecular formula is C6H17N5O3. The molecule has 0 unspecified atom stereocenters. The number of ether oxygens (including phenoxy) is 1. The van der Waals surface area contributed by atoms with E-state index in [-0.39, 0.29) is 5.91 Å². The Balaban J connectivity index is 0. The molecular weight excluding hydrogens is 190 g/mol. The second-order valence-electron chi connectivity index (χ2n) is 2.01. The molecule has 0 aliphatic rings. The van der Waals surface area contributed by atoms with Gasteiger partial charge in [-0.3, -0.25) is 15.6 Å². The zero-order valence-corrected chi connectivity index (χ0v) is 8.51. The Bertz CT molecular complexity index is 164. The highest BCUT2D eigenvalue weighted by molar-refractivity contribution is 5.72. The lowest BCUT2D eigenvalue weighted by Gasteiger charge is -1.97. The van der Waals surface area contributed by atoms with Gasteiger partial charge in [0.05, 0.1) is 0 Å². The molecule has 0 aromatic carbocycles. The van der Waals surface area contributed by atoms with Crippen molar-refractivity contribution in [3.05, 3.63) is 0 Å². The molecule has 0 heterocycles. The van der Waals surface area contributed by atoms with Gasteiger partial charge in [-0.25, -0.2) is 16.1 Å². The molecule has 84 valence electrons. The van der Waals surface area contributed by atoms with Gasteiger partial charge in [0.25, 0.3) is 0 Å². The molecule has 0 rings (SSSR count). The quantitative estimate of drug-likeness (QED) is 0.159. The van der Waals surface area contributed by atoms with Gasteiger partial charge < -0.3 is 10.1 Å². The molecule has 0 aromatic heterocycles. The SMILES string of the molecule is CNNC(=O)NN.COCNC(C)=O. The van der Waals surface area contributed by atoms with Crippen LogP contribution in [0.1, 0.15) is 6.92 Å². The summed E-state index contributed by atoms with van der Waals surface area (Å²) in [4.78, 5) is 20.0. The summed E-state index contributed by atoms with van der Waals surface area (Å²) < 4.78 is 4.52. The van der Waals surface area contributed by atoms with E-state index in [0.717, 1.165) is 0 Å². The lowest BCUT2D eigenvalue weighted by atomic mass is 10.7. The zero-order valence-electron chi connectivity index (χ0n) is 8.51. The number of amides is 3. The summed E-state index contributed by atoms with van der Waals surface area (Å²) in [5.41, 5.74) is 6.40. The number of nitrogens with two attached hydrogens (primary N) is 1. The van der Waals surface area contributed by atoms with Crippen LogP contribution in [0, 0.1) is 0 Å². The molecule has 8 nitrogen and oxygen atoms in total. The van der Waals surface area contributed by atoms with Crippen molar-refractivity contribution in [2.75, 3.05) is 20.9 Å². The maximum absolute atomic E-state index is 10.0. The van der Waals surface area contributed by atoms with Crippen LogP contribution in [0.2, 0.25) is 0 Å². The van der Waals surface area contributed by atoms with Gasteiger partial charge in [-0.1, -0.05) is 0 Å². The molecule has 0 fully saturated rings. The second kappa shape index (κ2) is 11.6. The minimum Gasteiger partial charge on any atom is -0.364 e. The van der Waals surface area contributed by atoms with Gasteiger partial charge >= 0.3 is 6.03 Å². The van der Waals surface area contributed by atoms with Gasteiger partial charge in [-0.05, 0) is 0 Å². The van der Waals surface area contributed by atoms with E-state index in [1.807, 2.05) is 5.43 Å². The number of hydrogen-bond acceptors (Lipinski definition) is 5. The average Bonchev–Trinajstić information content (AvgIpc) is 2.16. The van der Waals surface area contributed by atoms with E-state index in [2.05, 4.69) is 26.7 Å². The first kappa shape index (κ1) is 15.1. The molecule has 0 atom stereocenters. The number of methoxy groups -OCH3 is 1. The van der Waals surface area contributed by atoms with Gasteiger partial charge in [0.2, 0.25) is 5.91 Å². The summed E-state index contributed by atoms with van der Waals surface area (Å²) in [7, 11) is 3.09. The molecule has 3 amide bonds. The fourth-order valence-electron chi connectivity index (χ4n) is 0.323. The molecule has 0 saturated carbocycles. The van der Waals surface area contributed by atoms with Crippen LogP contribution >= 0.6 is 0 Å². The number of nitrogens with one attached hydrogen (secondary N) is 4. The summed E-state index contributed by atoms with van der Waals surface area (Å²) in [5, 5.41) is 2.43. The number of rotatable bonds is 3. The highest BCUT2D eigenvalue weighted by Gasteiger charge is 1.86. The van der Waals surface area contributed by atoms with Crippen molar-refractivity contribution in [1.29, 1.82) is 0 Å². The molecule has 6 N–H and O–H groups in total. The molecule has 14 heavy (non-hydrogen) atoms. The normalized spacial score (nSPS) is 8.00. The molecule has 8 heteroatoms. The Hall–Kier alpha value is -1.38. The number of hydrogen-bond donors (Lipinski definition) is 5. The van der Waals surface area contributed by atoms with Crippen LogP contribution in [0.25, 0.3) is 0 Å². The van der Waals surface area contributed by atoms with Crippen molar-refractivity contribution in [2.24, 2.45) is 5.84 Å². The molecule has 0 radical (unpaired) electrons. The van der Waals surface area contributed by atoms with E-state index in [1.54, 1.807) is 7.05 Å². The van der Waals surface area contributed by atoms with Crippen molar-refractivity contribution < 1.29 is 14.3 Å². The lowest BCUT2D eigenvalue weighted by molar-refractivity contribution is -0.120. The predicted octanol–water partition coefficient (Wildman–Crippen LogP) is -1.98. The maximum atomic E-state index is 10.0. The standard InChI is InChI=1S/C4H9NO2.C2H8N4O/c1-4(6)5-3-7-2;1-4-6-2(7)5-3/h3H2,1-2H3,(H,5,6);4H,3H2,1H3,(H2,5,6,7). The molecule has 0 aliphatic heterocycles. The van der Waals surface area contributed by atoms with Crippen LogP contribution in [0.15, 0.2) is 0 Å². The minimum atomic E-state index is -0.456. The Kier molecular flexibility index (Phi) is 12.5. The van der Waals surface area contributed by atoms with Crippen molar-refractivity contribution in [2.45, 2.75) is 6.92 Å². The van der Waals surface area contributed by atoms with E-state index in [9.17, 15) is 9.59 Å². The average molecular weight is 207 g/mol. The van der Waals surface area contributed by atoms with E-state index in [0.29, 0.717) is 6.73 Å². The van der Waals surface area contributed by atoms with E-state index in [1.165, 1.54) is 14.0 Å². The Morgan fingerprint density at radius 2 is 2.00 bits per heavy atom. The van der Waals surface area contributed by atoms with Crippen molar-refractivity contribution in [3.63, 3.8) is 0 Å². The first-order valence-corrected chi connectivity index (χ1v) is 3.75. The third-order valence-electron chi connectivity index (χ3n) is 0.835. The molecule has 0 aliphatic carbocycles. The molecule has 0 saturated heterocycles. The van der Waals surface area contributed by atoms with Crippen molar-refractivity contribution in [3.8, 4) is 0 Å². The third-order valence-corrected chi connectivity index (χ3v) is 0.835. The number of carbonyl (C=O) groups excluding carboxylic acids is 2. The summed E-state index contributed by atoms with van der Waals surface area (Å²) in [6.07, 6.45) is 0. The Morgan fingerprint density at radius 3 is 2.14 bits per heavy atom. The fourth-order valence-corrected chi connectivity index (χ4v) is 0.323. The van der Waals surface area contributed by atoms with Gasteiger partial charge in [-0.15, -0.1) is 0 Å². The first-order valence-electron chi connectivity index (χ1n) is 3.75. The van der Waals surface area contributed by atoms with E-state index >= 15 is 0 Å². The zero-order chi connectivity index (χ0) is 11.4. The van der Waals surface area contributed by atoms with Gasteiger partial charge in [0.15, 0.2) is 0 Å². The van der Waals surface area contributed by atoms with Crippen LogP contribution in [0.5, 0.6) is 0 Å². The Labute approximate surface area is 82.5 Å². The maximum Gasteiger partial charge on any atom is 0.343 e. The first-order chi connectivity index (χ1) is 6.58. The third kappa shape index (κ3) is 16.9. The van der Waals surface area contributed by atoms with Crippen LogP contribution < -0.4 is 27.4 Å². The highest BCUT2D eigenvalue weighted by Crippen LogP contribution is 1.59. The summed E-state index contributed by atoms with van der Waals surface area (Å²) in [6, 6.07) is -0.456. The lowest BCUT2D eigenvalue weighted by Crippen LogP contribution is -2.45. The van der Waals surface area contributed by atoms with E-state index in [4.69, 9.17) is 0 Å². The number of carbonyl (C=O) groups is 2. The topological polar surface area (TPSA) is 118 Å². The molecule has 0 aromatic rings. The number of hydrazine groups is 2. The van der Waals surface area contributed by atoms with Crippen molar-refractivity contribution >= 4 is 11.9 Å². The van der Waals surface area contributed by atoms with Gasteiger partial charge in [0, 0.05) is 21.1 Å². The van der Waals surface area contributed by atoms with E-state index < -0.39 is 6.03 Å². The second-order valence-corrected chi connectivity index (χ2v) is 2.01. The van der Waals surface area contributed by atoms with Crippen LogP contribution in [-0.2, 0) is 9.53 Å². The van der Waals surface area contributed by atoms with Gasteiger partial charge in [0.1, 0.15) is 6.73 Å². The Morgan fingerprint density at radius 1 is 1.43 bits per heavy atom. The summed E-state index contributed by atoms with van der Waals surface area (Å²) >= 11 is 0. The van der Waals surface area contributed by atoms with Gasteiger partial charge in [-0.2, -0.15) is 0 Å². The van der Waals surface area contributed by atoms with Crippen LogP contribution in [0.4, 0.5) is 4.79 Å². The molecule has 0 bridgehead atoms. The fraction of sp³-hybridized carbons (Fsp3) is 0.667. The largest absolute Gasteiger partial charge is 0.364 e. The number of urea groups is 1. The summed E-state index contributed by atoms with van der Waals surface area (Å²) in [5.74, 6) is 4.59. The highest BCUT2D eigenvalue weighted by atomic mass is 16.5. The minimum absolute atomic E-state index is 0.0677. The van der Waals surface area contributed by atoms with Crippen LogP contribution in [-0.4, -0.2) is 32.8 Å². The van der Waals surface area contributed by atoms with Crippen molar-refractivity contribution in [1.82, 2.24) is 21.6 Å². The monoisotopic (exact) mass is 207 g/mol. The molecule has 0 spiro atoms. The summed E-state index contributed by atoms with van der Waals surface area (Å²) in [6.45, 7) is 1.74. The smallest absolute Gasteiger partial charge is 0.343 e. The predicted molar refractivity (Wildman–Crippen MR) is 50.6 cm³/mol. The van der Waals surface area contributed by atoms with Crippen LogP contribution in [0.3, 0.4) is 0 Å².